The minimum Gasteiger partial charge on any atom is -0.369 e. The Balaban J connectivity index is 2.49. The first-order valence-electron chi connectivity index (χ1n) is 3.48. The zero-order valence-corrected chi connectivity index (χ0v) is 6.22. The van der Waals surface area contributed by atoms with Crippen LogP contribution >= 0.6 is 0 Å². The average Bonchev–Trinajstić information content (AvgIpc) is 1.84. The van der Waals surface area contributed by atoms with Gasteiger partial charge in [-0.15, -0.1) is 0 Å². The quantitative estimate of drug-likeness (QED) is 0.204. The van der Waals surface area contributed by atoms with Crippen molar-refractivity contribution in [2.24, 2.45) is 16.6 Å². The molecule has 5 N–H and O–H groups in total. The van der Waals surface area contributed by atoms with E-state index in [4.69, 9.17) is 11.6 Å². The summed E-state index contributed by atoms with van der Waals surface area (Å²) in [6, 6.07) is 0. The fraction of sp³-hybridized carbons (Fsp3) is 0.833. The van der Waals surface area contributed by atoms with Gasteiger partial charge in [0.25, 0.3) is 0 Å². The van der Waals surface area contributed by atoms with Gasteiger partial charge in [-0.2, -0.15) is 0 Å². The van der Waals surface area contributed by atoms with Crippen LogP contribution in [0.25, 0.3) is 0 Å². The van der Waals surface area contributed by atoms with Crippen LogP contribution in [-0.2, 0) is 0 Å². The topological polar surface area (TPSA) is 76.4 Å². The Hall–Kier alpha value is -0.770. The molecule has 0 aromatic carbocycles. The van der Waals surface area contributed by atoms with Gasteiger partial charge in [0.1, 0.15) is 0 Å². The molecule has 1 aliphatic rings. The summed E-state index contributed by atoms with van der Waals surface area (Å²) < 4.78 is 0. The standard InChI is InChI=1S/C6H14N4/c1-6(3-2-4-6)9-5(7)10-8/h2-4,8H2,1H3,(H3,7,9,10). The molecular formula is C6H14N4. The predicted octanol–water partition coefficient (Wildman–Crippen LogP) is -0.293. The van der Waals surface area contributed by atoms with Crippen LogP contribution in [0.3, 0.4) is 0 Å². The maximum atomic E-state index is 5.38. The normalized spacial score (nSPS) is 23.6. The van der Waals surface area contributed by atoms with Crippen LogP contribution in [-0.4, -0.2) is 11.5 Å². The van der Waals surface area contributed by atoms with E-state index in [1.165, 1.54) is 6.42 Å². The van der Waals surface area contributed by atoms with E-state index < -0.39 is 0 Å². The molecule has 1 rings (SSSR count). The molecule has 0 saturated heterocycles. The molecule has 0 radical (unpaired) electrons. The molecule has 10 heavy (non-hydrogen) atoms. The molecule has 0 bridgehead atoms. The zero-order chi connectivity index (χ0) is 7.61. The number of hydrogen-bond donors (Lipinski definition) is 3. The van der Waals surface area contributed by atoms with Crippen molar-refractivity contribution < 1.29 is 0 Å². The lowest BCUT2D eigenvalue weighted by atomic mass is 9.79. The number of nitrogens with one attached hydrogen (secondary N) is 1. The van der Waals surface area contributed by atoms with Crippen molar-refractivity contribution in [3.63, 3.8) is 0 Å². The third kappa shape index (κ3) is 1.39. The Labute approximate surface area is 60.7 Å². The number of hydrogen-bond acceptors (Lipinski definition) is 2. The molecule has 0 heterocycles. The highest BCUT2D eigenvalue weighted by molar-refractivity contribution is 5.77. The van der Waals surface area contributed by atoms with E-state index in [2.05, 4.69) is 17.3 Å². The van der Waals surface area contributed by atoms with Gasteiger partial charge in [0, 0.05) is 0 Å². The highest BCUT2D eigenvalue weighted by Gasteiger charge is 2.31. The second-order valence-corrected chi connectivity index (χ2v) is 2.99. The fourth-order valence-electron chi connectivity index (χ4n) is 1.12. The molecule has 0 aliphatic heterocycles. The van der Waals surface area contributed by atoms with E-state index >= 15 is 0 Å². The Bertz CT molecular complexity index is 148. The maximum Gasteiger partial charge on any atom is 0.203 e. The minimum atomic E-state index is 0.0659. The molecule has 4 heteroatoms. The Morgan fingerprint density at radius 2 is 2.20 bits per heavy atom. The van der Waals surface area contributed by atoms with E-state index in [0.29, 0.717) is 5.96 Å². The second kappa shape index (κ2) is 2.46. The van der Waals surface area contributed by atoms with Crippen LogP contribution in [0.1, 0.15) is 26.2 Å². The van der Waals surface area contributed by atoms with E-state index in [1.54, 1.807) is 0 Å². The third-order valence-electron chi connectivity index (χ3n) is 1.97. The van der Waals surface area contributed by atoms with E-state index in [1.807, 2.05) is 0 Å². The smallest absolute Gasteiger partial charge is 0.203 e. The van der Waals surface area contributed by atoms with E-state index in [9.17, 15) is 0 Å². The summed E-state index contributed by atoms with van der Waals surface area (Å²) in [5.41, 5.74) is 7.77. The summed E-state index contributed by atoms with van der Waals surface area (Å²) in [5, 5.41) is 0. The first-order chi connectivity index (χ1) is 4.66. The fourth-order valence-corrected chi connectivity index (χ4v) is 1.12. The molecule has 0 spiro atoms. The van der Waals surface area contributed by atoms with Crippen molar-refractivity contribution in [2.75, 3.05) is 0 Å². The van der Waals surface area contributed by atoms with Crippen LogP contribution in [0.2, 0.25) is 0 Å². The molecule has 0 aromatic heterocycles. The Morgan fingerprint density at radius 1 is 1.60 bits per heavy atom. The monoisotopic (exact) mass is 142 g/mol. The summed E-state index contributed by atoms with van der Waals surface area (Å²) in [5.74, 6) is 5.39. The predicted molar refractivity (Wildman–Crippen MR) is 41.2 cm³/mol. The second-order valence-electron chi connectivity index (χ2n) is 2.99. The SMILES string of the molecule is CC1(N=C(N)NN)CCC1. The van der Waals surface area contributed by atoms with Gasteiger partial charge in [-0.3, -0.25) is 5.43 Å². The third-order valence-corrected chi connectivity index (χ3v) is 1.97. The lowest BCUT2D eigenvalue weighted by Gasteiger charge is -2.34. The first kappa shape index (κ1) is 7.34. The molecule has 0 aromatic rings. The number of nitrogens with zero attached hydrogens (tertiary/aromatic N) is 1. The lowest BCUT2D eigenvalue weighted by molar-refractivity contribution is 0.279. The van der Waals surface area contributed by atoms with Crippen molar-refractivity contribution in [3.8, 4) is 0 Å². The van der Waals surface area contributed by atoms with Crippen molar-refractivity contribution in [2.45, 2.75) is 31.7 Å². The number of guanidine groups is 1. The van der Waals surface area contributed by atoms with Crippen molar-refractivity contribution >= 4 is 5.96 Å². The van der Waals surface area contributed by atoms with Gasteiger partial charge in [0.2, 0.25) is 5.96 Å². The zero-order valence-electron chi connectivity index (χ0n) is 6.22. The van der Waals surface area contributed by atoms with E-state index in [-0.39, 0.29) is 5.54 Å². The van der Waals surface area contributed by atoms with Gasteiger partial charge in [-0.25, -0.2) is 10.8 Å². The van der Waals surface area contributed by atoms with Crippen LogP contribution in [0.5, 0.6) is 0 Å². The highest BCUT2D eigenvalue weighted by atomic mass is 15.3. The number of hydrazine groups is 1. The molecule has 0 unspecified atom stereocenters. The summed E-state index contributed by atoms with van der Waals surface area (Å²) in [4.78, 5) is 4.19. The molecule has 1 fully saturated rings. The number of aliphatic imine (C=N–C) groups is 1. The minimum absolute atomic E-state index is 0.0659. The van der Waals surface area contributed by atoms with Crippen LogP contribution < -0.4 is 17.0 Å². The van der Waals surface area contributed by atoms with Crippen LogP contribution in [0.4, 0.5) is 0 Å². The molecule has 0 atom stereocenters. The van der Waals surface area contributed by atoms with Gasteiger partial charge in [0.15, 0.2) is 0 Å². The van der Waals surface area contributed by atoms with Crippen molar-refractivity contribution in [1.82, 2.24) is 5.43 Å². The Kier molecular flexibility index (Phi) is 1.80. The molecule has 4 nitrogen and oxygen atoms in total. The highest BCUT2D eigenvalue weighted by Crippen LogP contribution is 2.34. The van der Waals surface area contributed by atoms with Crippen molar-refractivity contribution in [3.05, 3.63) is 0 Å². The van der Waals surface area contributed by atoms with Gasteiger partial charge in [-0.05, 0) is 26.2 Å². The molecular weight excluding hydrogens is 128 g/mol. The van der Waals surface area contributed by atoms with Crippen molar-refractivity contribution in [1.29, 1.82) is 0 Å². The lowest BCUT2D eigenvalue weighted by Crippen LogP contribution is -2.42. The molecule has 58 valence electrons. The van der Waals surface area contributed by atoms with Gasteiger partial charge in [0.05, 0.1) is 5.54 Å². The summed E-state index contributed by atoms with van der Waals surface area (Å²) in [6.07, 6.45) is 3.49. The van der Waals surface area contributed by atoms with E-state index in [0.717, 1.165) is 12.8 Å². The largest absolute Gasteiger partial charge is 0.369 e. The molecule has 0 amide bonds. The van der Waals surface area contributed by atoms with Gasteiger partial charge in [-0.1, -0.05) is 0 Å². The van der Waals surface area contributed by atoms with Gasteiger partial charge < -0.3 is 5.73 Å². The maximum absolute atomic E-state index is 5.38. The first-order valence-corrected chi connectivity index (χ1v) is 3.48. The van der Waals surface area contributed by atoms with Crippen LogP contribution in [0.15, 0.2) is 4.99 Å². The Morgan fingerprint density at radius 3 is 2.50 bits per heavy atom. The van der Waals surface area contributed by atoms with Gasteiger partial charge >= 0.3 is 0 Å². The summed E-state index contributed by atoms with van der Waals surface area (Å²) in [7, 11) is 0. The number of nitrogens with two attached hydrogens (primary N) is 2. The molecule has 1 aliphatic carbocycles. The molecule has 1 saturated carbocycles. The summed E-state index contributed by atoms with van der Waals surface area (Å²) >= 11 is 0. The summed E-state index contributed by atoms with van der Waals surface area (Å²) in [6.45, 7) is 2.08. The average molecular weight is 142 g/mol. The number of rotatable bonds is 1. The van der Waals surface area contributed by atoms with Crippen LogP contribution in [0, 0.1) is 0 Å².